The molecule has 19 heavy (non-hydrogen) atoms. The molecule has 0 amide bonds. The third-order valence-corrected chi connectivity index (χ3v) is 4.51. The second kappa shape index (κ2) is 5.59. The van der Waals surface area contributed by atoms with Crippen molar-refractivity contribution < 1.29 is 0 Å². The number of thiol groups is 1. The minimum atomic E-state index is -0.516. The molecule has 0 aromatic heterocycles. The van der Waals surface area contributed by atoms with Gasteiger partial charge in [0.25, 0.3) is 0 Å². The average Bonchev–Trinajstić information content (AvgIpc) is 2.82. The summed E-state index contributed by atoms with van der Waals surface area (Å²) in [5.41, 5.74) is 2.31. The van der Waals surface area contributed by atoms with Crippen molar-refractivity contribution in [2.75, 3.05) is 4.31 Å². The second-order valence-electron chi connectivity index (χ2n) is 4.14. The highest BCUT2D eigenvalue weighted by Crippen LogP contribution is 2.24. The Kier molecular flexibility index (Phi) is 3.66. The Morgan fingerprint density at radius 2 is 1.58 bits per heavy atom. The summed E-state index contributed by atoms with van der Waals surface area (Å²) in [4.78, 5) is 0. The van der Waals surface area contributed by atoms with Crippen LogP contribution in [-0.4, -0.2) is 5.84 Å². The van der Waals surface area contributed by atoms with Crippen molar-refractivity contribution in [2.45, 2.75) is 6.42 Å². The minimum Gasteiger partial charge on any atom is -0.251 e. The van der Waals surface area contributed by atoms with Crippen LogP contribution in [0.3, 0.4) is 0 Å². The maximum Gasteiger partial charge on any atom is 0.148 e. The largest absolute Gasteiger partial charge is 0.251 e. The van der Waals surface area contributed by atoms with E-state index in [9.17, 15) is 0 Å². The molecule has 5 heteroatoms. The molecule has 1 heterocycles. The molecule has 0 radical (unpaired) electrons. The number of hydrogen-bond acceptors (Lipinski definition) is 3. The Morgan fingerprint density at radius 3 is 2.26 bits per heavy atom. The Bertz CT molecular complexity index is 624. The second-order valence-corrected chi connectivity index (χ2v) is 6.13. The van der Waals surface area contributed by atoms with E-state index >= 15 is 0 Å². The van der Waals surface area contributed by atoms with E-state index in [-0.39, 0.29) is 0 Å². The molecule has 3 rings (SSSR count). The number of anilines is 1. The Balaban J connectivity index is 1.87. The van der Waals surface area contributed by atoms with Crippen molar-refractivity contribution in [3.05, 3.63) is 66.2 Å². The van der Waals surface area contributed by atoms with Crippen molar-refractivity contribution in [3.63, 3.8) is 0 Å². The number of rotatable bonds is 3. The number of benzene rings is 2. The summed E-state index contributed by atoms with van der Waals surface area (Å²) in [7, 11) is -0.516. The van der Waals surface area contributed by atoms with Gasteiger partial charge in [-0.05, 0) is 17.7 Å². The lowest BCUT2D eigenvalue weighted by molar-refractivity contribution is 1.21. The molecule has 1 aliphatic rings. The van der Waals surface area contributed by atoms with Crippen molar-refractivity contribution >= 4 is 33.1 Å². The van der Waals surface area contributed by atoms with Crippen LogP contribution in [-0.2, 0) is 16.3 Å². The zero-order valence-electron chi connectivity index (χ0n) is 10.2. The molecule has 96 valence electrons. The molecule has 0 fully saturated rings. The number of para-hydroxylation sites is 1. The first-order valence-electron chi connectivity index (χ1n) is 5.95. The van der Waals surface area contributed by atoms with E-state index in [0.29, 0.717) is 0 Å². The monoisotopic (exact) mass is 287 g/mol. The van der Waals surface area contributed by atoms with Crippen molar-refractivity contribution in [1.29, 1.82) is 0 Å². The van der Waals surface area contributed by atoms with E-state index < -0.39 is 9.91 Å². The van der Waals surface area contributed by atoms with E-state index in [1.54, 1.807) is 0 Å². The summed E-state index contributed by atoms with van der Waals surface area (Å²) in [6, 6.07) is 20.4. The summed E-state index contributed by atoms with van der Waals surface area (Å²) in [6.07, 6.45) is 0.767. The lowest BCUT2D eigenvalue weighted by Crippen LogP contribution is -2.28. The Hall–Kier alpha value is -1.59. The molecular formula is C14H13N3S2. The van der Waals surface area contributed by atoms with Gasteiger partial charge in [0.15, 0.2) is 0 Å². The molecule has 1 aliphatic heterocycles. The van der Waals surface area contributed by atoms with Gasteiger partial charge in [0.1, 0.15) is 5.84 Å². The molecular weight excluding hydrogens is 274 g/mol. The summed E-state index contributed by atoms with van der Waals surface area (Å²) in [6.45, 7) is 0. The molecule has 0 saturated carbocycles. The van der Waals surface area contributed by atoms with Crippen LogP contribution >= 0.6 is 11.7 Å². The van der Waals surface area contributed by atoms with Crippen LogP contribution in [0.25, 0.3) is 0 Å². The van der Waals surface area contributed by atoms with E-state index in [1.165, 1.54) is 5.56 Å². The summed E-state index contributed by atoms with van der Waals surface area (Å²) < 4.78 is 6.26. The number of nitrogens with zero attached hydrogens (tertiary/aromatic N) is 3. The van der Waals surface area contributed by atoms with Crippen LogP contribution < -0.4 is 4.31 Å². The minimum absolute atomic E-state index is 0.516. The zero-order valence-corrected chi connectivity index (χ0v) is 11.9. The van der Waals surface area contributed by atoms with Crippen molar-refractivity contribution in [2.24, 2.45) is 9.57 Å². The highest BCUT2D eigenvalue weighted by Gasteiger charge is 2.21. The van der Waals surface area contributed by atoms with Gasteiger partial charge in [0.05, 0.1) is 15.6 Å². The van der Waals surface area contributed by atoms with Gasteiger partial charge < -0.3 is 0 Å². The van der Waals surface area contributed by atoms with Gasteiger partial charge in [-0.25, -0.2) is 0 Å². The van der Waals surface area contributed by atoms with E-state index in [0.717, 1.165) is 17.9 Å². The third kappa shape index (κ3) is 2.72. The SMILES string of the molecule is SS1=NN=C(Cc2ccccc2)N1c1ccccc1. The lowest BCUT2D eigenvalue weighted by Gasteiger charge is -2.19. The predicted octanol–water partition coefficient (Wildman–Crippen LogP) is 3.62. The maximum atomic E-state index is 4.50. The number of hydrogen-bond donors (Lipinski definition) is 1. The van der Waals surface area contributed by atoms with Crippen LogP contribution in [0.15, 0.2) is 70.2 Å². The van der Waals surface area contributed by atoms with Gasteiger partial charge >= 0.3 is 0 Å². The fourth-order valence-corrected chi connectivity index (χ4v) is 3.46. The van der Waals surface area contributed by atoms with Crippen molar-refractivity contribution in [1.82, 2.24) is 0 Å². The summed E-state index contributed by atoms with van der Waals surface area (Å²) in [5.74, 6) is 0.940. The first kappa shape index (κ1) is 12.4. The van der Waals surface area contributed by atoms with Gasteiger partial charge in [-0.2, -0.15) is 0 Å². The summed E-state index contributed by atoms with van der Waals surface area (Å²) in [5, 5.41) is 4.27. The number of amidine groups is 1. The quantitative estimate of drug-likeness (QED) is 0.677. The molecule has 0 saturated heterocycles. The molecule has 0 bridgehead atoms. The molecule has 3 nitrogen and oxygen atoms in total. The average molecular weight is 287 g/mol. The highest BCUT2D eigenvalue weighted by atomic mass is 33.1. The van der Waals surface area contributed by atoms with E-state index in [1.807, 2.05) is 36.4 Å². The van der Waals surface area contributed by atoms with Crippen LogP contribution in [0.4, 0.5) is 5.69 Å². The predicted molar refractivity (Wildman–Crippen MR) is 85.3 cm³/mol. The van der Waals surface area contributed by atoms with Gasteiger partial charge in [-0.3, -0.25) is 4.31 Å². The van der Waals surface area contributed by atoms with Crippen LogP contribution in [0, 0.1) is 0 Å². The maximum absolute atomic E-state index is 4.50. The first-order chi connectivity index (χ1) is 9.34. The molecule has 1 unspecified atom stereocenters. The molecule has 2 aromatic rings. The van der Waals surface area contributed by atoms with Gasteiger partial charge in [-0.1, -0.05) is 64.7 Å². The molecule has 1 atom stereocenters. The zero-order chi connectivity index (χ0) is 13.1. The fraction of sp³-hybridized carbons (Fsp3) is 0.0714. The van der Waals surface area contributed by atoms with E-state index in [2.05, 4.69) is 49.8 Å². The topological polar surface area (TPSA) is 28.0 Å². The van der Waals surface area contributed by atoms with Gasteiger partial charge in [0, 0.05) is 6.42 Å². The standard InChI is InChI=1S/C14H13N3S2/c18-19-16-15-14(11-12-7-3-1-4-8-12)17(19)13-9-5-2-6-10-13/h1-10H,11H2,(H,16,18). The van der Waals surface area contributed by atoms with Gasteiger partial charge in [-0.15, -0.1) is 5.10 Å². The van der Waals surface area contributed by atoms with Crippen molar-refractivity contribution in [3.8, 4) is 0 Å². The van der Waals surface area contributed by atoms with E-state index in [4.69, 9.17) is 0 Å². The smallest absolute Gasteiger partial charge is 0.148 e. The van der Waals surface area contributed by atoms with Crippen LogP contribution in [0.2, 0.25) is 0 Å². The highest BCUT2D eigenvalue weighted by molar-refractivity contribution is 8.62. The lowest BCUT2D eigenvalue weighted by atomic mass is 10.1. The summed E-state index contributed by atoms with van der Waals surface area (Å²) >= 11 is 4.50. The Morgan fingerprint density at radius 1 is 0.947 bits per heavy atom. The van der Waals surface area contributed by atoms with Crippen LogP contribution in [0.1, 0.15) is 5.56 Å². The van der Waals surface area contributed by atoms with Crippen LogP contribution in [0.5, 0.6) is 0 Å². The Labute approximate surface area is 120 Å². The molecule has 2 aromatic carbocycles. The third-order valence-electron chi connectivity index (χ3n) is 2.82. The molecule has 0 aliphatic carbocycles. The fourth-order valence-electron chi connectivity index (χ4n) is 1.95. The first-order valence-corrected chi connectivity index (χ1v) is 8.14. The molecule has 0 spiro atoms. The molecule has 0 N–H and O–H groups in total. The van der Waals surface area contributed by atoms with Gasteiger partial charge in [0.2, 0.25) is 0 Å². The normalized spacial score (nSPS) is 18.1.